The van der Waals surface area contributed by atoms with Gasteiger partial charge in [0.15, 0.2) is 5.82 Å². The molecule has 0 radical (unpaired) electrons. The van der Waals surface area contributed by atoms with Crippen LogP contribution in [0.15, 0.2) is 14.3 Å². The summed E-state index contributed by atoms with van der Waals surface area (Å²) in [5.74, 6) is 0.743. The summed E-state index contributed by atoms with van der Waals surface area (Å²) in [7, 11) is 3.70. The van der Waals surface area contributed by atoms with Crippen molar-refractivity contribution < 1.29 is 0 Å². The van der Waals surface area contributed by atoms with Crippen molar-refractivity contribution in [2.24, 2.45) is 7.05 Å². The minimum absolute atomic E-state index is 0.201. The van der Waals surface area contributed by atoms with Crippen molar-refractivity contribution in [3.63, 3.8) is 0 Å². The molecule has 0 bridgehead atoms. The zero-order chi connectivity index (χ0) is 12.4. The first kappa shape index (κ1) is 13.1. The number of thiophene rings is 1. The van der Waals surface area contributed by atoms with E-state index in [1.807, 2.05) is 7.05 Å². The third-order valence-electron chi connectivity index (χ3n) is 2.29. The van der Waals surface area contributed by atoms with Crippen LogP contribution in [0, 0.1) is 0 Å². The van der Waals surface area contributed by atoms with E-state index in [4.69, 9.17) is 0 Å². The van der Waals surface area contributed by atoms with Gasteiger partial charge in [0, 0.05) is 21.8 Å². The molecule has 5 nitrogen and oxygen atoms in total. The Morgan fingerprint density at radius 1 is 1.53 bits per heavy atom. The minimum Gasteiger partial charge on any atom is -0.312 e. The van der Waals surface area contributed by atoms with E-state index in [0.717, 1.165) is 20.5 Å². The predicted molar refractivity (Wildman–Crippen MR) is 74.0 cm³/mol. The van der Waals surface area contributed by atoms with Gasteiger partial charge in [0.1, 0.15) is 0 Å². The Kier molecular flexibility index (Phi) is 4.29. The number of hydrogen-bond donors (Lipinski definition) is 1. The maximum Gasteiger partial charge on any atom is 0.176 e. The SMILES string of the molecule is CNC(Cc1nnn(C)n1)c1cc(Br)c(Br)s1. The number of nitrogens with one attached hydrogen (secondary N) is 1. The molecule has 2 aromatic rings. The Morgan fingerprint density at radius 3 is 2.76 bits per heavy atom. The molecule has 2 heterocycles. The van der Waals surface area contributed by atoms with Gasteiger partial charge in [0.2, 0.25) is 0 Å². The van der Waals surface area contributed by atoms with E-state index < -0.39 is 0 Å². The molecule has 0 fully saturated rings. The lowest BCUT2D eigenvalue weighted by Gasteiger charge is -2.11. The van der Waals surface area contributed by atoms with Crippen molar-refractivity contribution in [2.75, 3.05) is 7.05 Å². The van der Waals surface area contributed by atoms with Crippen molar-refractivity contribution in [1.82, 2.24) is 25.5 Å². The summed E-state index contributed by atoms with van der Waals surface area (Å²) in [5.41, 5.74) is 0. The van der Waals surface area contributed by atoms with Gasteiger partial charge in [-0.3, -0.25) is 0 Å². The van der Waals surface area contributed by atoms with Crippen LogP contribution >= 0.6 is 43.2 Å². The topological polar surface area (TPSA) is 55.6 Å². The highest BCUT2D eigenvalue weighted by Crippen LogP contribution is 2.36. The third kappa shape index (κ3) is 3.12. The van der Waals surface area contributed by atoms with E-state index >= 15 is 0 Å². The number of likely N-dealkylation sites (N-methyl/N-ethyl adjacent to an activating group) is 1. The van der Waals surface area contributed by atoms with Crippen LogP contribution in [0.1, 0.15) is 16.7 Å². The molecular formula is C9H11Br2N5S. The maximum absolute atomic E-state index is 4.19. The number of aryl methyl sites for hydroxylation is 1. The van der Waals surface area contributed by atoms with Gasteiger partial charge < -0.3 is 5.32 Å². The van der Waals surface area contributed by atoms with E-state index in [2.05, 4.69) is 58.7 Å². The van der Waals surface area contributed by atoms with Crippen LogP contribution in [0.25, 0.3) is 0 Å². The number of hydrogen-bond acceptors (Lipinski definition) is 5. The second-order valence-electron chi connectivity index (χ2n) is 3.51. The lowest BCUT2D eigenvalue weighted by molar-refractivity contribution is 0.578. The smallest absolute Gasteiger partial charge is 0.176 e. The zero-order valence-electron chi connectivity index (χ0n) is 9.31. The summed E-state index contributed by atoms with van der Waals surface area (Å²) in [6.07, 6.45) is 0.726. The molecule has 0 amide bonds. The average molecular weight is 381 g/mol. The Hall–Kier alpha value is -0.310. The molecule has 0 saturated carbocycles. The fourth-order valence-corrected chi connectivity index (χ4v) is 3.67. The number of rotatable bonds is 4. The van der Waals surface area contributed by atoms with Crippen molar-refractivity contribution in [2.45, 2.75) is 12.5 Å². The molecule has 0 saturated heterocycles. The zero-order valence-corrected chi connectivity index (χ0v) is 13.3. The first-order chi connectivity index (χ1) is 8.10. The highest BCUT2D eigenvalue weighted by molar-refractivity contribution is 9.13. The van der Waals surface area contributed by atoms with Crippen LogP contribution in [-0.4, -0.2) is 27.3 Å². The molecule has 2 aromatic heterocycles. The van der Waals surface area contributed by atoms with Crippen LogP contribution in [0.3, 0.4) is 0 Å². The highest BCUT2D eigenvalue weighted by atomic mass is 79.9. The predicted octanol–water partition coefficient (Wildman–Crippen LogP) is 2.30. The third-order valence-corrected chi connectivity index (χ3v) is 5.66. The molecule has 1 atom stereocenters. The van der Waals surface area contributed by atoms with Crippen LogP contribution in [0.5, 0.6) is 0 Å². The van der Waals surface area contributed by atoms with Crippen LogP contribution in [0.2, 0.25) is 0 Å². The average Bonchev–Trinajstić information content (AvgIpc) is 2.83. The van der Waals surface area contributed by atoms with Crippen LogP contribution < -0.4 is 5.32 Å². The summed E-state index contributed by atoms with van der Waals surface area (Å²) in [6.45, 7) is 0. The molecule has 92 valence electrons. The second kappa shape index (κ2) is 5.55. The molecule has 1 unspecified atom stereocenters. The molecule has 17 heavy (non-hydrogen) atoms. The second-order valence-corrected chi connectivity index (χ2v) is 6.77. The van der Waals surface area contributed by atoms with Crippen molar-refractivity contribution in [3.8, 4) is 0 Å². The molecule has 8 heteroatoms. The van der Waals surface area contributed by atoms with Gasteiger partial charge in [-0.15, -0.1) is 21.5 Å². The van der Waals surface area contributed by atoms with Gasteiger partial charge in [-0.2, -0.15) is 4.80 Å². The summed E-state index contributed by atoms with van der Waals surface area (Å²) >= 11 is 8.69. The van der Waals surface area contributed by atoms with Gasteiger partial charge in [-0.1, -0.05) is 0 Å². The van der Waals surface area contributed by atoms with Gasteiger partial charge in [-0.25, -0.2) is 0 Å². The van der Waals surface area contributed by atoms with Crippen LogP contribution in [-0.2, 0) is 13.5 Å². The molecule has 0 aliphatic rings. The molecular weight excluding hydrogens is 370 g/mol. The summed E-state index contributed by atoms with van der Waals surface area (Å²) in [5, 5.41) is 15.3. The van der Waals surface area contributed by atoms with E-state index in [-0.39, 0.29) is 6.04 Å². The summed E-state index contributed by atoms with van der Waals surface area (Å²) < 4.78 is 2.17. The van der Waals surface area contributed by atoms with Crippen molar-refractivity contribution in [1.29, 1.82) is 0 Å². The van der Waals surface area contributed by atoms with Crippen LogP contribution in [0.4, 0.5) is 0 Å². The lowest BCUT2D eigenvalue weighted by Crippen LogP contribution is -2.18. The van der Waals surface area contributed by atoms with Crippen molar-refractivity contribution in [3.05, 3.63) is 25.0 Å². The molecule has 0 aliphatic heterocycles. The van der Waals surface area contributed by atoms with E-state index in [9.17, 15) is 0 Å². The maximum atomic E-state index is 4.19. The normalized spacial score (nSPS) is 12.9. The fraction of sp³-hybridized carbons (Fsp3) is 0.444. The Balaban J connectivity index is 2.16. The molecule has 0 spiro atoms. The van der Waals surface area contributed by atoms with Gasteiger partial charge in [0.05, 0.1) is 10.8 Å². The molecule has 1 N–H and O–H groups in total. The lowest BCUT2D eigenvalue weighted by atomic mass is 10.1. The van der Waals surface area contributed by atoms with Gasteiger partial charge in [0.25, 0.3) is 0 Å². The summed E-state index contributed by atoms with van der Waals surface area (Å²) in [6, 6.07) is 2.30. The molecule has 0 aliphatic carbocycles. The highest BCUT2D eigenvalue weighted by Gasteiger charge is 2.17. The van der Waals surface area contributed by atoms with Gasteiger partial charge in [-0.05, 0) is 50.2 Å². The number of nitrogens with zero attached hydrogens (tertiary/aromatic N) is 4. The monoisotopic (exact) mass is 379 g/mol. The Morgan fingerprint density at radius 2 is 2.29 bits per heavy atom. The fourth-order valence-electron chi connectivity index (χ4n) is 1.47. The molecule has 0 aromatic carbocycles. The number of tetrazole rings is 1. The standard InChI is InChI=1S/C9H11Br2N5S/c1-12-6(4-8-13-15-16(2)14-8)7-3-5(10)9(11)17-7/h3,6,12H,4H2,1-2H3. The largest absolute Gasteiger partial charge is 0.312 e. The van der Waals surface area contributed by atoms with E-state index in [1.54, 1.807) is 18.4 Å². The van der Waals surface area contributed by atoms with Crippen molar-refractivity contribution >= 4 is 43.2 Å². The first-order valence-electron chi connectivity index (χ1n) is 4.95. The Bertz CT molecular complexity index is 490. The first-order valence-corrected chi connectivity index (χ1v) is 7.35. The number of halogens is 2. The molecule has 2 rings (SSSR count). The van der Waals surface area contributed by atoms with E-state index in [1.165, 1.54) is 9.67 Å². The number of aromatic nitrogens is 4. The summed E-state index contributed by atoms with van der Waals surface area (Å²) in [4.78, 5) is 2.71. The van der Waals surface area contributed by atoms with Gasteiger partial charge >= 0.3 is 0 Å². The Labute approximate surface area is 120 Å². The minimum atomic E-state index is 0.201. The quantitative estimate of drug-likeness (QED) is 0.884. The van der Waals surface area contributed by atoms with E-state index in [0.29, 0.717) is 0 Å².